The molecule has 17 heavy (non-hydrogen) atoms. The molecule has 4 N–H and O–H groups in total. The largest absolute Gasteiger partial charge is 0.394 e. The Morgan fingerprint density at radius 2 is 2.00 bits per heavy atom. The Bertz CT molecular complexity index is 214. The summed E-state index contributed by atoms with van der Waals surface area (Å²) in [4.78, 5) is 0. The Hall–Kier alpha value is -0.240. The third-order valence-corrected chi connectivity index (χ3v) is 3.02. The smallest absolute Gasteiger partial charge is 0.175 e. The number of aliphatic hydroxyl groups is 3. The summed E-state index contributed by atoms with van der Waals surface area (Å²) in [6.45, 7) is 2.44. The Balaban J connectivity index is 2.59. The van der Waals surface area contributed by atoms with Crippen molar-refractivity contribution >= 4 is 0 Å². The highest BCUT2D eigenvalue weighted by atomic mass is 16.7. The van der Waals surface area contributed by atoms with Crippen LogP contribution in [0.4, 0.5) is 0 Å². The number of hydrogen-bond acceptors (Lipinski definition) is 6. The molecule has 0 aliphatic carbocycles. The minimum atomic E-state index is -1.11. The van der Waals surface area contributed by atoms with Crippen LogP contribution in [0.1, 0.15) is 19.8 Å². The van der Waals surface area contributed by atoms with Crippen molar-refractivity contribution in [2.75, 3.05) is 20.3 Å². The Labute approximate surface area is 102 Å². The van der Waals surface area contributed by atoms with Gasteiger partial charge in [0.2, 0.25) is 0 Å². The second-order valence-corrected chi connectivity index (χ2v) is 4.28. The first-order valence-electron chi connectivity index (χ1n) is 6.04. The minimum absolute atomic E-state index is 0.347. The van der Waals surface area contributed by atoms with Gasteiger partial charge in [0.1, 0.15) is 18.3 Å². The van der Waals surface area contributed by atoms with Gasteiger partial charge >= 0.3 is 0 Å². The molecule has 1 aliphatic heterocycles. The summed E-state index contributed by atoms with van der Waals surface area (Å²) >= 11 is 0. The fourth-order valence-corrected chi connectivity index (χ4v) is 1.95. The van der Waals surface area contributed by atoms with Gasteiger partial charge in [-0.3, -0.25) is 0 Å². The van der Waals surface area contributed by atoms with Crippen LogP contribution >= 0.6 is 0 Å². The number of rotatable bonds is 6. The van der Waals surface area contributed by atoms with Gasteiger partial charge in [0.05, 0.1) is 12.6 Å². The molecular formula is C11H23NO5. The van der Waals surface area contributed by atoms with Gasteiger partial charge in [0, 0.05) is 7.11 Å². The molecule has 1 saturated heterocycles. The topological polar surface area (TPSA) is 91.2 Å². The van der Waals surface area contributed by atoms with Crippen molar-refractivity contribution in [1.82, 2.24) is 5.32 Å². The molecule has 0 spiro atoms. The molecule has 0 radical (unpaired) electrons. The van der Waals surface area contributed by atoms with Crippen molar-refractivity contribution in [2.24, 2.45) is 0 Å². The van der Waals surface area contributed by atoms with E-state index >= 15 is 0 Å². The van der Waals surface area contributed by atoms with Crippen LogP contribution in [-0.2, 0) is 9.47 Å². The highest BCUT2D eigenvalue weighted by molar-refractivity contribution is 4.93. The monoisotopic (exact) mass is 249 g/mol. The highest BCUT2D eigenvalue weighted by Gasteiger charge is 2.44. The van der Waals surface area contributed by atoms with E-state index in [-0.39, 0.29) is 6.61 Å². The van der Waals surface area contributed by atoms with Crippen LogP contribution in [0.25, 0.3) is 0 Å². The van der Waals surface area contributed by atoms with Gasteiger partial charge in [-0.2, -0.15) is 0 Å². The van der Waals surface area contributed by atoms with E-state index in [4.69, 9.17) is 14.6 Å². The SMILES string of the molecule is CCCCN[C@@H]1[C@@H](OC)O[C@H](CO)[C@@H](O)[C@@H]1O. The van der Waals surface area contributed by atoms with Crippen LogP contribution in [0.3, 0.4) is 0 Å². The van der Waals surface area contributed by atoms with Crippen molar-refractivity contribution in [3.63, 3.8) is 0 Å². The van der Waals surface area contributed by atoms with Crippen molar-refractivity contribution in [2.45, 2.75) is 50.4 Å². The second-order valence-electron chi connectivity index (χ2n) is 4.28. The van der Waals surface area contributed by atoms with E-state index in [9.17, 15) is 10.2 Å². The van der Waals surface area contributed by atoms with E-state index in [1.54, 1.807) is 0 Å². The van der Waals surface area contributed by atoms with Gasteiger partial charge < -0.3 is 30.1 Å². The molecule has 0 saturated carbocycles. The lowest BCUT2D eigenvalue weighted by molar-refractivity contribution is -0.263. The second kappa shape index (κ2) is 7.25. The summed E-state index contributed by atoms with van der Waals surface area (Å²) in [5, 5.41) is 31.8. The molecule has 0 amide bonds. The minimum Gasteiger partial charge on any atom is -0.394 e. The first-order valence-corrected chi connectivity index (χ1v) is 6.04. The maximum Gasteiger partial charge on any atom is 0.175 e. The number of hydrogen-bond donors (Lipinski definition) is 4. The van der Waals surface area contributed by atoms with E-state index in [1.165, 1.54) is 7.11 Å². The Kier molecular flexibility index (Phi) is 6.32. The molecule has 0 aromatic rings. The lowest BCUT2D eigenvalue weighted by atomic mass is 9.97. The summed E-state index contributed by atoms with van der Waals surface area (Å²) in [6.07, 6.45) is -1.58. The average Bonchev–Trinajstić information content (AvgIpc) is 2.35. The van der Waals surface area contributed by atoms with E-state index in [1.807, 2.05) is 0 Å². The maximum atomic E-state index is 9.96. The molecule has 5 atom stereocenters. The zero-order valence-corrected chi connectivity index (χ0v) is 10.4. The molecule has 0 aromatic carbocycles. The standard InChI is InChI=1S/C11H23NO5/c1-3-4-5-12-8-10(15)9(14)7(6-13)17-11(8)16-2/h7-15H,3-6H2,1-2H3/t7-,8+,9-,10-,11+/m1/s1. The fourth-order valence-electron chi connectivity index (χ4n) is 1.95. The molecule has 1 heterocycles. The predicted octanol–water partition coefficient (Wildman–Crippen LogP) is -1.17. The summed E-state index contributed by atoms with van der Waals surface area (Å²) in [5.74, 6) is 0. The zero-order chi connectivity index (χ0) is 12.8. The Morgan fingerprint density at radius 1 is 1.29 bits per heavy atom. The number of methoxy groups -OCH3 is 1. The lowest BCUT2D eigenvalue weighted by Crippen LogP contribution is -2.63. The van der Waals surface area contributed by atoms with Crippen molar-refractivity contribution in [3.05, 3.63) is 0 Å². The van der Waals surface area contributed by atoms with Crippen molar-refractivity contribution in [1.29, 1.82) is 0 Å². The molecule has 1 aliphatic rings. The van der Waals surface area contributed by atoms with E-state index in [2.05, 4.69) is 12.2 Å². The van der Waals surface area contributed by atoms with Crippen molar-refractivity contribution < 1.29 is 24.8 Å². The molecular weight excluding hydrogens is 226 g/mol. The third-order valence-electron chi connectivity index (χ3n) is 3.02. The van der Waals surface area contributed by atoms with Gasteiger partial charge in [0.15, 0.2) is 6.29 Å². The summed E-state index contributed by atoms with van der Waals surface area (Å²) < 4.78 is 10.5. The molecule has 0 aromatic heterocycles. The van der Waals surface area contributed by atoms with Gasteiger partial charge in [-0.25, -0.2) is 0 Å². The molecule has 1 rings (SSSR count). The summed E-state index contributed by atoms with van der Waals surface area (Å²) in [7, 11) is 1.47. The fraction of sp³-hybridized carbons (Fsp3) is 1.00. The predicted molar refractivity (Wildman–Crippen MR) is 61.5 cm³/mol. The highest BCUT2D eigenvalue weighted by Crippen LogP contribution is 2.21. The first-order chi connectivity index (χ1) is 8.15. The van der Waals surface area contributed by atoms with Crippen LogP contribution in [0, 0.1) is 0 Å². The number of aliphatic hydroxyl groups excluding tert-OH is 3. The summed E-state index contributed by atoms with van der Waals surface area (Å²) in [6, 6.07) is -0.482. The van der Waals surface area contributed by atoms with Gasteiger partial charge in [-0.05, 0) is 13.0 Å². The van der Waals surface area contributed by atoms with Crippen LogP contribution in [0.15, 0.2) is 0 Å². The lowest BCUT2D eigenvalue weighted by Gasteiger charge is -2.42. The average molecular weight is 249 g/mol. The number of unbranched alkanes of at least 4 members (excludes halogenated alkanes) is 1. The molecule has 102 valence electrons. The summed E-state index contributed by atoms with van der Waals surface area (Å²) in [5.41, 5.74) is 0. The van der Waals surface area contributed by atoms with Gasteiger partial charge in [0.25, 0.3) is 0 Å². The number of nitrogens with one attached hydrogen (secondary N) is 1. The maximum absolute atomic E-state index is 9.96. The van der Waals surface area contributed by atoms with Crippen LogP contribution in [0.2, 0.25) is 0 Å². The van der Waals surface area contributed by atoms with E-state index < -0.39 is 30.6 Å². The quantitative estimate of drug-likeness (QED) is 0.443. The van der Waals surface area contributed by atoms with E-state index in [0.29, 0.717) is 0 Å². The molecule has 1 fully saturated rings. The van der Waals surface area contributed by atoms with Gasteiger partial charge in [-0.1, -0.05) is 13.3 Å². The van der Waals surface area contributed by atoms with Crippen LogP contribution in [-0.4, -0.2) is 66.2 Å². The van der Waals surface area contributed by atoms with E-state index in [0.717, 1.165) is 19.4 Å². The third kappa shape index (κ3) is 3.61. The zero-order valence-electron chi connectivity index (χ0n) is 10.4. The van der Waals surface area contributed by atoms with Crippen LogP contribution in [0.5, 0.6) is 0 Å². The molecule has 0 unspecified atom stereocenters. The molecule has 0 bridgehead atoms. The molecule has 6 nitrogen and oxygen atoms in total. The van der Waals surface area contributed by atoms with Crippen LogP contribution < -0.4 is 5.32 Å². The number of ether oxygens (including phenoxy) is 2. The molecule has 6 heteroatoms. The Morgan fingerprint density at radius 3 is 2.53 bits per heavy atom. The van der Waals surface area contributed by atoms with Crippen molar-refractivity contribution in [3.8, 4) is 0 Å². The first kappa shape index (κ1) is 14.8. The normalized spacial score (nSPS) is 38.3. The van der Waals surface area contributed by atoms with Gasteiger partial charge in [-0.15, -0.1) is 0 Å².